The van der Waals surface area contributed by atoms with Gasteiger partial charge in [0, 0.05) is 11.6 Å². The van der Waals surface area contributed by atoms with Crippen LogP contribution in [-0.2, 0) is 17.9 Å². The summed E-state index contributed by atoms with van der Waals surface area (Å²) in [5, 5.41) is 11.8. The summed E-state index contributed by atoms with van der Waals surface area (Å²) in [6.45, 7) is 0.694. The number of benzene rings is 2. The molecule has 0 spiro atoms. The van der Waals surface area contributed by atoms with Crippen LogP contribution in [0.3, 0.4) is 0 Å². The van der Waals surface area contributed by atoms with Crippen LogP contribution in [0.25, 0.3) is 0 Å². The minimum absolute atomic E-state index is 0.157. The van der Waals surface area contributed by atoms with Crippen molar-refractivity contribution >= 4 is 17.5 Å². The van der Waals surface area contributed by atoms with Crippen molar-refractivity contribution in [2.24, 2.45) is 0 Å². The Morgan fingerprint density at radius 3 is 2.54 bits per heavy atom. The molecular weight excluding hydrogens is 328 g/mol. The Balaban J connectivity index is 2.04. The fraction of sp³-hybridized carbons (Fsp3) is 0.222. The number of carbonyl (C=O) groups excluding carboxylic acids is 1. The van der Waals surface area contributed by atoms with E-state index >= 15 is 0 Å². The van der Waals surface area contributed by atoms with E-state index in [4.69, 9.17) is 26.3 Å². The van der Waals surface area contributed by atoms with Crippen molar-refractivity contribution in [3.8, 4) is 17.6 Å². The zero-order valence-corrected chi connectivity index (χ0v) is 14.0. The SMILES string of the molecule is COc1ccc(CNC(=O)CC#N)cc1OCc1ccc(Cl)cc1. The first-order valence-electron chi connectivity index (χ1n) is 7.30. The lowest BCUT2D eigenvalue weighted by Crippen LogP contribution is -2.21. The van der Waals surface area contributed by atoms with Crippen molar-refractivity contribution in [2.45, 2.75) is 19.6 Å². The third-order valence-electron chi connectivity index (χ3n) is 3.26. The molecule has 0 atom stereocenters. The molecule has 0 fully saturated rings. The molecule has 0 aliphatic heterocycles. The zero-order valence-electron chi connectivity index (χ0n) is 13.2. The van der Waals surface area contributed by atoms with Gasteiger partial charge in [0.25, 0.3) is 0 Å². The fourth-order valence-electron chi connectivity index (χ4n) is 2.02. The number of amides is 1. The highest BCUT2D eigenvalue weighted by atomic mass is 35.5. The van der Waals surface area contributed by atoms with Crippen LogP contribution in [0, 0.1) is 11.3 Å². The zero-order chi connectivity index (χ0) is 17.4. The second kappa shape index (κ2) is 8.80. The van der Waals surface area contributed by atoms with Gasteiger partial charge in [0.15, 0.2) is 11.5 Å². The van der Waals surface area contributed by atoms with Gasteiger partial charge in [-0.1, -0.05) is 29.8 Å². The van der Waals surface area contributed by atoms with Gasteiger partial charge in [-0.2, -0.15) is 5.26 Å². The van der Waals surface area contributed by atoms with Crippen molar-refractivity contribution in [1.29, 1.82) is 5.26 Å². The number of nitrogens with one attached hydrogen (secondary N) is 1. The third-order valence-corrected chi connectivity index (χ3v) is 3.52. The van der Waals surface area contributed by atoms with Crippen LogP contribution in [0.2, 0.25) is 5.02 Å². The molecule has 6 heteroatoms. The Morgan fingerprint density at radius 2 is 1.88 bits per heavy atom. The molecule has 2 aromatic rings. The lowest BCUT2D eigenvalue weighted by atomic mass is 10.2. The number of nitriles is 1. The average molecular weight is 345 g/mol. The predicted octanol–water partition coefficient (Wildman–Crippen LogP) is 3.46. The van der Waals surface area contributed by atoms with Gasteiger partial charge in [-0.15, -0.1) is 0 Å². The molecule has 0 heterocycles. The Kier molecular flexibility index (Phi) is 6.47. The van der Waals surface area contributed by atoms with E-state index in [0.717, 1.165) is 11.1 Å². The second-order valence-corrected chi connectivity index (χ2v) is 5.45. The maximum atomic E-state index is 11.4. The second-order valence-electron chi connectivity index (χ2n) is 5.01. The number of halogens is 1. The first-order chi connectivity index (χ1) is 11.6. The summed E-state index contributed by atoms with van der Waals surface area (Å²) < 4.78 is 11.1. The Labute approximate surface area is 145 Å². The Hall–Kier alpha value is -2.71. The number of hydrogen-bond donors (Lipinski definition) is 1. The number of rotatable bonds is 7. The molecule has 0 bridgehead atoms. The maximum absolute atomic E-state index is 11.4. The summed E-state index contributed by atoms with van der Waals surface area (Å²) in [7, 11) is 1.57. The number of hydrogen-bond acceptors (Lipinski definition) is 4. The molecule has 2 aromatic carbocycles. The molecule has 0 aromatic heterocycles. The first kappa shape index (κ1) is 17.6. The standard InChI is InChI=1S/C18H17ClN2O3/c1-23-16-7-4-14(11-21-18(22)8-9-20)10-17(16)24-12-13-2-5-15(19)6-3-13/h2-7,10H,8,11-12H2,1H3,(H,21,22). The van der Waals surface area contributed by atoms with E-state index in [-0.39, 0.29) is 12.3 Å². The normalized spacial score (nSPS) is 9.88. The van der Waals surface area contributed by atoms with Crippen LogP contribution >= 0.6 is 11.6 Å². The minimum Gasteiger partial charge on any atom is -0.493 e. The molecule has 0 aliphatic carbocycles. The summed E-state index contributed by atoms with van der Waals surface area (Å²) in [6, 6.07) is 14.6. The lowest BCUT2D eigenvalue weighted by Gasteiger charge is -2.13. The molecule has 2 rings (SSSR count). The monoisotopic (exact) mass is 344 g/mol. The van der Waals surface area contributed by atoms with E-state index in [9.17, 15) is 4.79 Å². The fourth-order valence-corrected chi connectivity index (χ4v) is 2.15. The summed E-state index contributed by atoms with van der Waals surface area (Å²) in [4.78, 5) is 11.4. The number of carbonyl (C=O) groups is 1. The topological polar surface area (TPSA) is 71.3 Å². The Bertz CT molecular complexity index is 739. The molecule has 1 N–H and O–H groups in total. The number of ether oxygens (including phenoxy) is 2. The van der Waals surface area contributed by atoms with Crippen molar-refractivity contribution in [2.75, 3.05) is 7.11 Å². The van der Waals surface area contributed by atoms with Gasteiger partial charge in [0.1, 0.15) is 13.0 Å². The van der Waals surface area contributed by atoms with Gasteiger partial charge in [-0.3, -0.25) is 4.79 Å². The van der Waals surface area contributed by atoms with Gasteiger partial charge < -0.3 is 14.8 Å². The van der Waals surface area contributed by atoms with Crippen molar-refractivity contribution in [3.05, 3.63) is 58.6 Å². The van der Waals surface area contributed by atoms with Crippen LogP contribution in [0.4, 0.5) is 0 Å². The van der Waals surface area contributed by atoms with E-state index in [1.165, 1.54) is 0 Å². The largest absolute Gasteiger partial charge is 0.493 e. The highest BCUT2D eigenvalue weighted by Crippen LogP contribution is 2.29. The van der Waals surface area contributed by atoms with E-state index in [2.05, 4.69) is 5.32 Å². The molecule has 1 amide bonds. The Morgan fingerprint density at radius 1 is 1.17 bits per heavy atom. The molecule has 0 aliphatic rings. The van der Waals surface area contributed by atoms with Crippen LogP contribution in [0.1, 0.15) is 17.5 Å². The van der Waals surface area contributed by atoms with Gasteiger partial charge >= 0.3 is 0 Å². The van der Waals surface area contributed by atoms with Gasteiger partial charge in [-0.25, -0.2) is 0 Å². The summed E-state index contributed by atoms with van der Waals surface area (Å²) in [6.07, 6.45) is -0.157. The highest BCUT2D eigenvalue weighted by Gasteiger charge is 2.08. The van der Waals surface area contributed by atoms with Crippen LogP contribution in [0.5, 0.6) is 11.5 Å². The minimum atomic E-state index is -0.308. The van der Waals surface area contributed by atoms with Crippen LogP contribution in [-0.4, -0.2) is 13.0 Å². The maximum Gasteiger partial charge on any atom is 0.234 e. The van der Waals surface area contributed by atoms with E-state index in [0.29, 0.717) is 29.7 Å². The van der Waals surface area contributed by atoms with Gasteiger partial charge in [-0.05, 0) is 35.4 Å². The van der Waals surface area contributed by atoms with E-state index < -0.39 is 0 Å². The molecular formula is C18H17ClN2O3. The van der Waals surface area contributed by atoms with Crippen LogP contribution in [0.15, 0.2) is 42.5 Å². The first-order valence-corrected chi connectivity index (χ1v) is 7.68. The third kappa shape index (κ3) is 5.18. The predicted molar refractivity (Wildman–Crippen MR) is 90.9 cm³/mol. The van der Waals surface area contributed by atoms with Crippen molar-refractivity contribution < 1.29 is 14.3 Å². The van der Waals surface area contributed by atoms with Gasteiger partial charge in [0.2, 0.25) is 5.91 Å². The summed E-state index contributed by atoms with van der Waals surface area (Å²) in [5.74, 6) is 0.882. The molecule has 0 radical (unpaired) electrons. The summed E-state index contributed by atoms with van der Waals surface area (Å²) >= 11 is 5.86. The lowest BCUT2D eigenvalue weighted by molar-refractivity contribution is -0.120. The molecule has 0 saturated heterocycles. The number of nitrogens with zero attached hydrogens (tertiary/aromatic N) is 1. The van der Waals surface area contributed by atoms with Crippen molar-refractivity contribution in [3.63, 3.8) is 0 Å². The molecule has 0 saturated carbocycles. The van der Waals surface area contributed by atoms with Crippen molar-refractivity contribution in [1.82, 2.24) is 5.32 Å². The van der Waals surface area contributed by atoms with E-state index in [1.807, 2.05) is 24.3 Å². The molecule has 124 valence electrons. The quantitative estimate of drug-likeness (QED) is 0.835. The summed E-state index contributed by atoms with van der Waals surface area (Å²) in [5.41, 5.74) is 1.84. The molecule has 5 nitrogen and oxygen atoms in total. The smallest absolute Gasteiger partial charge is 0.234 e. The molecule has 24 heavy (non-hydrogen) atoms. The van der Waals surface area contributed by atoms with Crippen LogP contribution < -0.4 is 14.8 Å². The molecule has 0 unspecified atom stereocenters. The van der Waals surface area contributed by atoms with Gasteiger partial charge in [0.05, 0.1) is 13.2 Å². The highest BCUT2D eigenvalue weighted by molar-refractivity contribution is 6.30. The number of methoxy groups -OCH3 is 1. The van der Waals surface area contributed by atoms with E-state index in [1.54, 1.807) is 31.4 Å². The average Bonchev–Trinajstić information content (AvgIpc) is 2.60.